The number of rotatable bonds is 0. The fraction of sp³-hybridized carbons (Fsp3) is 0.222. The summed E-state index contributed by atoms with van der Waals surface area (Å²) < 4.78 is 50.3. The molecule has 0 saturated carbocycles. The average Bonchev–Trinajstić information content (AvgIpc) is 2.47. The molecule has 0 radical (unpaired) electrons. The molecule has 0 aromatic heterocycles. The third-order valence-electron chi connectivity index (χ3n) is 2.23. The molecule has 0 aliphatic carbocycles. The molecule has 15 heavy (non-hydrogen) atoms. The Morgan fingerprint density at radius 3 is 2.53 bits per heavy atom. The Morgan fingerprint density at radius 2 is 1.93 bits per heavy atom. The van der Waals surface area contributed by atoms with Crippen molar-refractivity contribution in [3.05, 3.63) is 34.6 Å². The van der Waals surface area contributed by atoms with Gasteiger partial charge in [0.05, 0.1) is 12.1 Å². The van der Waals surface area contributed by atoms with Gasteiger partial charge in [-0.2, -0.15) is 13.2 Å². The molecule has 2 rings (SSSR count). The maximum atomic E-state index is 13.4. The third-order valence-corrected chi connectivity index (χ3v) is 2.23. The number of amidine groups is 1. The highest BCUT2D eigenvalue weighted by Crippen LogP contribution is 2.34. The van der Waals surface area contributed by atoms with Gasteiger partial charge in [0.25, 0.3) is 0 Å². The van der Waals surface area contributed by atoms with E-state index in [1.54, 1.807) is 0 Å². The Bertz CT molecular complexity index is 448. The van der Waals surface area contributed by atoms with Crippen LogP contribution in [0.1, 0.15) is 16.7 Å². The van der Waals surface area contributed by atoms with Crippen LogP contribution in [0.4, 0.5) is 17.6 Å². The van der Waals surface area contributed by atoms with Crippen molar-refractivity contribution in [1.29, 1.82) is 0 Å². The molecule has 1 heterocycles. The van der Waals surface area contributed by atoms with Crippen LogP contribution in [0.3, 0.4) is 0 Å². The molecule has 0 spiro atoms. The highest BCUT2D eigenvalue weighted by molar-refractivity contribution is 6.00. The lowest BCUT2D eigenvalue weighted by molar-refractivity contribution is -0.140. The average molecular weight is 218 g/mol. The summed E-state index contributed by atoms with van der Waals surface area (Å²) in [4.78, 5) is 3.68. The number of nitrogens with zero attached hydrogens (tertiary/aromatic N) is 1. The Balaban J connectivity index is 2.59. The molecule has 1 aliphatic heterocycles. The zero-order valence-electron chi connectivity index (χ0n) is 7.40. The lowest BCUT2D eigenvalue weighted by Crippen LogP contribution is -2.14. The molecule has 0 unspecified atom stereocenters. The first kappa shape index (κ1) is 9.95. The molecule has 1 aromatic carbocycles. The summed E-state index contributed by atoms with van der Waals surface area (Å²) in [7, 11) is 0. The van der Waals surface area contributed by atoms with Gasteiger partial charge in [-0.1, -0.05) is 6.07 Å². The van der Waals surface area contributed by atoms with Crippen LogP contribution in [0.15, 0.2) is 17.1 Å². The summed E-state index contributed by atoms with van der Waals surface area (Å²) >= 11 is 0. The van der Waals surface area contributed by atoms with Gasteiger partial charge < -0.3 is 5.73 Å². The summed E-state index contributed by atoms with van der Waals surface area (Å²) in [6.45, 7) is -0.128. The van der Waals surface area contributed by atoms with Crippen molar-refractivity contribution in [3.63, 3.8) is 0 Å². The molecule has 1 aromatic rings. The Morgan fingerprint density at radius 1 is 1.27 bits per heavy atom. The zero-order chi connectivity index (χ0) is 11.2. The van der Waals surface area contributed by atoms with E-state index in [-0.39, 0.29) is 23.5 Å². The number of benzene rings is 1. The van der Waals surface area contributed by atoms with Gasteiger partial charge in [-0.15, -0.1) is 0 Å². The summed E-state index contributed by atoms with van der Waals surface area (Å²) in [6.07, 6.45) is -4.68. The quantitative estimate of drug-likeness (QED) is 0.665. The topological polar surface area (TPSA) is 38.4 Å². The Labute approximate surface area is 82.4 Å². The van der Waals surface area contributed by atoms with Gasteiger partial charge >= 0.3 is 6.18 Å². The second-order valence-corrected chi connectivity index (χ2v) is 3.15. The second kappa shape index (κ2) is 2.95. The first-order valence-electron chi connectivity index (χ1n) is 4.10. The standard InChI is InChI=1S/C9H6F4N2/c10-7-5-3-15-8(14)4(5)1-2-6(7)9(11,12)13/h1-2H,3H2,(H2,14,15). The predicted molar refractivity (Wildman–Crippen MR) is 45.8 cm³/mol. The van der Waals surface area contributed by atoms with E-state index in [1.165, 1.54) is 0 Å². The van der Waals surface area contributed by atoms with Crippen molar-refractivity contribution < 1.29 is 17.6 Å². The van der Waals surface area contributed by atoms with Crippen LogP contribution >= 0.6 is 0 Å². The maximum absolute atomic E-state index is 13.4. The number of alkyl halides is 3. The second-order valence-electron chi connectivity index (χ2n) is 3.15. The molecule has 80 valence electrons. The maximum Gasteiger partial charge on any atom is 0.419 e. The van der Waals surface area contributed by atoms with E-state index in [0.717, 1.165) is 6.07 Å². The van der Waals surface area contributed by atoms with E-state index in [2.05, 4.69) is 4.99 Å². The van der Waals surface area contributed by atoms with E-state index in [9.17, 15) is 17.6 Å². The highest BCUT2D eigenvalue weighted by Gasteiger charge is 2.36. The number of aliphatic imine (C=N–C) groups is 1. The van der Waals surface area contributed by atoms with Gasteiger partial charge in [-0.05, 0) is 6.07 Å². The molecule has 0 amide bonds. The van der Waals surface area contributed by atoms with Crippen LogP contribution in [0, 0.1) is 5.82 Å². The molecule has 2 nitrogen and oxygen atoms in total. The van der Waals surface area contributed by atoms with E-state index in [4.69, 9.17) is 5.73 Å². The van der Waals surface area contributed by atoms with Crippen LogP contribution in [-0.4, -0.2) is 5.84 Å². The molecule has 2 N–H and O–H groups in total. The fourth-order valence-corrected chi connectivity index (χ4v) is 1.48. The molecular formula is C9H6F4N2. The first-order valence-corrected chi connectivity index (χ1v) is 4.10. The SMILES string of the molecule is NC1=NCc2c1ccc(C(F)(F)F)c2F. The van der Waals surface area contributed by atoms with Crippen LogP contribution < -0.4 is 5.73 Å². The summed E-state index contributed by atoms with van der Waals surface area (Å²) in [5.74, 6) is -1.19. The molecular weight excluding hydrogens is 212 g/mol. The normalized spacial score (nSPS) is 15.1. The molecule has 0 fully saturated rings. The van der Waals surface area contributed by atoms with Gasteiger partial charge in [-0.3, -0.25) is 4.99 Å². The van der Waals surface area contributed by atoms with Crippen molar-refractivity contribution in [2.75, 3.05) is 0 Å². The number of hydrogen-bond donors (Lipinski definition) is 1. The van der Waals surface area contributed by atoms with Gasteiger partial charge in [0.15, 0.2) is 0 Å². The van der Waals surface area contributed by atoms with Crippen molar-refractivity contribution >= 4 is 5.84 Å². The first-order chi connectivity index (χ1) is 6.91. The van der Waals surface area contributed by atoms with Crippen molar-refractivity contribution in [2.45, 2.75) is 12.7 Å². The lowest BCUT2D eigenvalue weighted by atomic mass is 10.0. The van der Waals surface area contributed by atoms with Gasteiger partial charge in [0, 0.05) is 11.1 Å². The predicted octanol–water partition coefficient (Wildman–Crippen LogP) is 2.06. The van der Waals surface area contributed by atoms with Crippen molar-refractivity contribution in [3.8, 4) is 0 Å². The number of hydrogen-bond acceptors (Lipinski definition) is 2. The summed E-state index contributed by atoms with van der Waals surface area (Å²) in [5, 5.41) is 0. The van der Waals surface area contributed by atoms with Crippen LogP contribution in [-0.2, 0) is 12.7 Å². The minimum absolute atomic E-state index is 0.0811. The lowest BCUT2D eigenvalue weighted by Gasteiger charge is -2.10. The number of fused-ring (bicyclic) bond motifs is 1. The van der Waals surface area contributed by atoms with Crippen LogP contribution in [0.2, 0.25) is 0 Å². The molecule has 0 saturated heterocycles. The van der Waals surface area contributed by atoms with E-state index in [0.29, 0.717) is 6.07 Å². The minimum Gasteiger partial charge on any atom is -0.383 e. The molecule has 0 atom stereocenters. The van der Waals surface area contributed by atoms with Gasteiger partial charge in [0.1, 0.15) is 11.7 Å². The zero-order valence-corrected chi connectivity index (χ0v) is 7.40. The number of halogens is 4. The highest BCUT2D eigenvalue weighted by atomic mass is 19.4. The smallest absolute Gasteiger partial charge is 0.383 e. The van der Waals surface area contributed by atoms with Crippen molar-refractivity contribution in [1.82, 2.24) is 0 Å². The largest absolute Gasteiger partial charge is 0.419 e. The van der Waals surface area contributed by atoms with Gasteiger partial charge in [0.2, 0.25) is 0 Å². The van der Waals surface area contributed by atoms with Crippen molar-refractivity contribution in [2.24, 2.45) is 10.7 Å². The molecule has 0 bridgehead atoms. The van der Waals surface area contributed by atoms with E-state index >= 15 is 0 Å². The summed E-state index contributed by atoms with van der Waals surface area (Å²) in [6, 6.07) is 1.83. The number of nitrogens with two attached hydrogens (primary N) is 1. The summed E-state index contributed by atoms with van der Waals surface area (Å²) in [5.41, 5.74) is 4.27. The monoisotopic (exact) mass is 218 g/mol. The minimum atomic E-state index is -4.68. The molecule has 1 aliphatic rings. The van der Waals surface area contributed by atoms with Crippen LogP contribution in [0.25, 0.3) is 0 Å². The van der Waals surface area contributed by atoms with E-state index < -0.39 is 17.6 Å². The third kappa shape index (κ3) is 1.45. The molecule has 6 heteroatoms. The van der Waals surface area contributed by atoms with Crippen LogP contribution in [0.5, 0.6) is 0 Å². The fourth-order valence-electron chi connectivity index (χ4n) is 1.48. The van der Waals surface area contributed by atoms with Gasteiger partial charge in [-0.25, -0.2) is 4.39 Å². The van der Waals surface area contributed by atoms with E-state index in [1.807, 2.05) is 0 Å². The Hall–Kier alpha value is -1.59. The Kier molecular flexibility index (Phi) is 1.95.